The van der Waals surface area contributed by atoms with Crippen molar-refractivity contribution < 1.29 is 0 Å². The molecule has 0 aromatic carbocycles. The van der Waals surface area contributed by atoms with E-state index in [1.165, 1.54) is 0 Å². The van der Waals surface area contributed by atoms with Gasteiger partial charge in [-0.2, -0.15) is 0 Å². The summed E-state index contributed by atoms with van der Waals surface area (Å²) >= 11 is 0. The minimum Gasteiger partial charge on any atom is -0.359 e. The third kappa shape index (κ3) is 0.661. The van der Waals surface area contributed by atoms with E-state index < -0.39 is 0 Å². The van der Waals surface area contributed by atoms with Crippen LogP contribution in [0.4, 0.5) is 0 Å². The van der Waals surface area contributed by atoms with E-state index in [9.17, 15) is 0 Å². The number of hydrogen-bond donors (Lipinski definition) is 0. The molecule has 1 rings (SSSR count). The van der Waals surface area contributed by atoms with Gasteiger partial charge < -0.3 is 9.80 Å². The standard InChI is InChI=1S/C6H11N2/c1-6-7(2)4-5-8(6)3/h4,6H,1-3H3. The molecular formula is C6H11N2. The fourth-order valence-corrected chi connectivity index (χ4v) is 0.671. The third-order valence-electron chi connectivity index (χ3n) is 1.61. The van der Waals surface area contributed by atoms with Crippen molar-refractivity contribution in [2.45, 2.75) is 13.1 Å². The molecule has 1 heterocycles. The van der Waals surface area contributed by atoms with Gasteiger partial charge >= 0.3 is 0 Å². The van der Waals surface area contributed by atoms with Crippen LogP contribution in [0.15, 0.2) is 6.20 Å². The first-order valence-electron chi connectivity index (χ1n) is 2.76. The van der Waals surface area contributed by atoms with Gasteiger partial charge in [-0.15, -0.1) is 0 Å². The van der Waals surface area contributed by atoms with Crippen molar-refractivity contribution in [3.05, 3.63) is 12.4 Å². The second-order valence-corrected chi connectivity index (χ2v) is 2.17. The molecule has 1 radical (unpaired) electrons. The molecular weight excluding hydrogens is 100 g/mol. The van der Waals surface area contributed by atoms with Crippen LogP contribution < -0.4 is 0 Å². The van der Waals surface area contributed by atoms with Crippen molar-refractivity contribution in [1.29, 1.82) is 0 Å². The molecule has 0 fully saturated rings. The summed E-state index contributed by atoms with van der Waals surface area (Å²) < 4.78 is 0. The Morgan fingerprint density at radius 3 is 2.25 bits per heavy atom. The lowest BCUT2D eigenvalue weighted by Gasteiger charge is -2.22. The largest absolute Gasteiger partial charge is 0.359 e. The highest BCUT2D eigenvalue weighted by atomic mass is 15.3. The quantitative estimate of drug-likeness (QED) is 0.448. The molecule has 1 atom stereocenters. The Morgan fingerprint density at radius 1 is 1.50 bits per heavy atom. The summed E-state index contributed by atoms with van der Waals surface area (Å²) in [5.74, 6) is 0. The average molecular weight is 111 g/mol. The van der Waals surface area contributed by atoms with Crippen molar-refractivity contribution in [3.8, 4) is 0 Å². The van der Waals surface area contributed by atoms with Crippen LogP contribution in [-0.4, -0.2) is 30.1 Å². The number of nitrogens with zero attached hydrogens (tertiary/aromatic N) is 2. The van der Waals surface area contributed by atoms with Crippen molar-refractivity contribution in [2.75, 3.05) is 14.1 Å². The molecule has 0 aromatic heterocycles. The Labute approximate surface area is 50.4 Å². The van der Waals surface area contributed by atoms with Crippen LogP contribution in [0.2, 0.25) is 0 Å². The van der Waals surface area contributed by atoms with Crippen LogP contribution >= 0.6 is 0 Å². The zero-order chi connectivity index (χ0) is 6.15. The maximum Gasteiger partial charge on any atom is 0.0977 e. The smallest absolute Gasteiger partial charge is 0.0977 e. The molecule has 1 aliphatic rings. The summed E-state index contributed by atoms with van der Waals surface area (Å²) in [5.41, 5.74) is 0. The van der Waals surface area contributed by atoms with E-state index in [0.717, 1.165) is 0 Å². The Hall–Kier alpha value is -0.660. The maximum atomic E-state index is 3.05. The maximum absolute atomic E-state index is 3.05. The fourth-order valence-electron chi connectivity index (χ4n) is 0.671. The van der Waals surface area contributed by atoms with Gasteiger partial charge in [0.15, 0.2) is 0 Å². The van der Waals surface area contributed by atoms with Crippen LogP contribution in [-0.2, 0) is 0 Å². The molecule has 0 saturated carbocycles. The number of hydrogen-bond acceptors (Lipinski definition) is 2. The van der Waals surface area contributed by atoms with Crippen LogP contribution in [0, 0.1) is 6.20 Å². The van der Waals surface area contributed by atoms with Crippen LogP contribution in [0.1, 0.15) is 6.92 Å². The molecule has 0 spiro atoms. The summed E-state index contributed by atoms with van der Waals surface area (Å²) in [4.78, 5) is 4.15. The van der Waals surface area contributed by atoms with Crippen molar-refractivity contribution in [1.82, 2.24) is 9.80 Å². The van der Waals surface area contributed by atoms with Gasteiger partial charge in [0.25, 0.3) is 0 Å². The first-order chi connectivity index (χ1) is 3.72. The lowest BCUT2D eigenvalue weighted by Crippen LogP contribution is -2.30. The number of rotatable bonds is 0. The predicted molar refractivity (Wildman–Crippen MR) is 32.8 cm³/mol. The highest BCUT2D eigenvalue weighted by molar-refractivity contribution is 4.85. The van der Waals surface area contributed by atoms with Gasteiger partial charge in [-0.3, -0.25) is 0 Å². The topological polar surface area (TPSA) is 6.48 Å². The molecule has 2 heteroatoms. The minimum atomic E-state index is 0.481. The summed E-state index contributed by atoms with van der Waals surface area (Å²) in [6.45, 7) is 2.14. The average Bonchev–Trinajstić information content (AvgIpc) is 1.98. The highest BCUT2D eigenvalue weighted by Gasteiger charge is 2.13. The molecule has 1 unspecified atom stereocenters. The lowest BCUT2D eigenvalue weighted by atomic mass is 10.5. The lowest BCUT2D eigenvalue weighted by molar-refractivity contribution is 0.221. The van der Waals surface area contributed by atoms with Gasteiger partial charge in [-0.05, 0) is 6.92 Å². The molecule has 2 nitrogen and oxygen atoms in total. The molecule has 0 N–H and O–H groups in total. The Bertz CT molecular complexity index is 97.1. The fraction of sp³-hybridized carbons (Fsp3) is 0.667. The first-order valence-corrected chi connectivity index (χ1v) is 2.76. The third-order valence-corrected chi connectivity index (χ3v) is 1.61. The summed E-state index contributed by atoms with van der Waals surface area (Å²) in [6, 6.07) is 0. The SMILES string of the molecule is CC1N(C)[C]=CN1C. The monoisotopic (exact) mass is 111 g/mol. The van der Waals surface area contributed by atoms with E-state index >= 15 is 0 Å². The summed E-state index contributed by atoms with van der Waals surface area (Å²) in [5, 5.41) is 0. The molecule has 45 valence electrons. The molecule has 0 aliphatic carbocycles. The molecule has 8 heavy (non-hydrogen) atoms. The van der Waals surface area contributed by atoms with E-state index in [1.807, 2.05) is 25.2 Å². The van der Waals surface area contributed by atoms with Crippen molar-refractivity contribution in [2.24, 2.45) is 0 Å². The van der Waals surface area contributed by atoms with E-state index in [4.69, 9.17) is 0 Å². The normalized spacial score (nSPS) is 20.9. The first kappa shape index (κ1) is 5.48. The van der Waals surface area contributed by atoms with Crippen molar-refractivity contribution >= 4 is 0 Å². The van der Waals surface area contributed by atoms with Gasteiger partial charge in [0.2, 0.25) is 0 Å². The van der Waals surface area contributed by atoms with Crippen LogP contribution in [0.5, 0.6) is 0 Å². The molecule has 0 amide bonds. The molecule has 0 saturated heterocycles. The van der Waals surface area contributed by atoms with Gasteiger partial charge in [-0.25, -0.2) is 0 Å². The van der Waals surface area contributed by atoms with Gasteiger partial charge in [-0.1, -0.05) is 0 Å². The Morgan fingerprint density at radius 2 is 2.12 bits per heavy atom. The van der Waals surface area contributed by atoms with E-state index in [-0.39, 0.29) is 0 Å². The van der Waals surface area contributed by atoms with E-state index in [0.29, 0.717) is 6.17 Å². The van der Waals surface area contributed by atoms with Crippen LogP contribution in [0.3, 0.4) is 0 Å². The van der Waals surface area contributed by atoms with Gasteiger partial charge in [0, 0.05) is 20.3 Å². The van der Waals surface area contributed by atoms with Gasteiger partial charge in [0.05, 0.1) is 12.4 Å². The Balaban J connectivity index is 2.55. The van der Waals surface area contributed by atoms with E-state index in [2.05, 4.69) is 18.0 Å². The highest BCUT2D eigenvalue weighted by Crippen LogP contribution is 2.07. The van der Waals surface area contributed by atoms with Crippen molar-refractivity contribution in [3.63, 3.8) is 0 Å². The molecule has 0 bridgehead atoms. The Kier molecular flexibility index (Phi) is 1.16. The van der Waals surface area contributed by atoms with Crippen LogP contribution in [0.25, 0.3) is 0 Å². The summed E-state index contributed by atoms with van der Waals surface area (Å²) in [7, 11) is 4.06. The van der Waals surface area contributed by atoms with Gasteiger partial charge in [0.1, 0.15) is 0 Å². The molecule has 1 aliphatic heterocycles. The predicted octanol–water partition coefficient (Wildman–Crippen LogP) is 0.484. The second-order valence-electron chi connectivity index (χ2n) is 2.17. The van der Waals surface area contributed by atoms with E-state index in [1.54, 1.807) is 0 Å². The zero-order valence-corrected chi connectivity index (χ0v) is 5.55. The second kappa shape index (κ2) is 1.69. The zero-order valence-electron chi connectivity index (χ0n) is 5.55. The minimum absolute atomic E-state index is 0.481. The summed E-state index contributed by atoms with van der Waals surface area (Å²) in [6.07, 6.45) is 5.48. The molecule has 0 aromatic rings.